The van der Waals surface area contributed by atoms with Crippen LogP contribution in [0.5, 0.6) is 11.5 Å². The molecule has 2 aromatic carbocycles. The number of benzene rings is 2. The standard InChI is InChI=1S/C25H34N4O3/c1-19-18-32-24-9-6-21(25(30)26-10-11-28-14-12-27(2)13-15-28)16-23(24)29(19)17-20-4-7-22(31-3)8-5-20/h4-9,16,19H,10-15,17-18H2,1-3H3,(H,26,30)/t19-/m1/s1. The zero-order valence-corrected chi connectivity index (χ0v) is 19.3. The Morgan fingerprint density at radius 2 is 1.88 bits per heavy atom. The number of anilines is 1. The van der Waals surface area contributed by atoms with E-state index in [4.69, 9.17) is 9.47 Å². The summed E-state index contributed by atoms with van der Waals surface area (Å²) in [5.74, 6) is 1.63. The van der Waals surface area contributed by atoms with E-state index in [0.29, 0.717) is 18.7 Å². The number of nitrogens with zero attached hydrogens (tertiary/aromatic N) is 3. The van der Waals surface area contributed by atoms with Crippen molar-refractivity contribution in [3.8, 4) is 11.5 Å². The maximum atomic E-state index is 12.8. The number of amides is 1. The Balaban J connectivity index is 1.41. The fourth-order valence-corrected chi connectivity index (χ4v) is 4.21. The number of hydrogen-bond acceptors (Lipinski definition) is 6. The molecule has 0 saturated carbocycles. The van der Waals surface area contributed by atoms with Gasteiger partial charge in [0.15, 0.2) is 0 Å². The first-order valence-electron chi connectivity index (χ1n) is 11.4. The Kier molecular flexibility index (Phi) is 7.17. The highest BCUT2D eigenvalue weighted by Crippen LogP contribution is 2.36. The quantitative estimate of drug-likeness (QED) is 0.717. The molecule has 0 spiro atoms. The van der Waals surface area contributed by atoms with Crippen LogP contribution in [0.1, 0.15) is 22.8 Å². The molecule has 0 aromatic heterocycles. The van der Waals surface area contributed by atoms with Gasteiger partial charge in [-0.15, -0.1) is 0 Å². The number of rotatable bonds is 7. The molecular weight excluding hydrogens is 404 g/mol. The van der Waals surface area contributed by atoms with Crippen LogP contribution < -0.4 is 19.7 Å². The van der Waals surface area contributed by atoms with Crippen molar-refractivity contribution in [1.29, 1.82) is 0 Å². The molecule has 2 aliphatic heterocycles. The second-order valence-electron chi connectivity index (χ2n) is 8.72. The van der Waals surface area contributed by atoms with Crippen LogP contribution in [-0.2, 0) is 6.54 Å². The Morgan fingerprint density at radius 3 is 2.59 bits per heavy atom. The van der Waals surface area contributed by atoms with Gasteiger partial charge in [0.1, 0.15) is 18.1 Å². The number of methoxy groups -OCH3 is 1. The zero-order valence-electron chi connectivity index (χ0n) is 19.3. The fraction of sp³-hybridized carbons (Fsp3) is 0.480. The zero-order chi connectivity index (χ0) is 22.5. The lowest BCUT2D eigenvalue weighted by Crippen LogP contribution is -2.46. The molecule has 1 fully saturated rings. The number of fused-ring (bicyclic) bond motifs is 1. The van der Waals surface area contributed by atoms with Crippen LogP contribution in [0.25, 0.3) is 0 Å². The number of carbonyl (C=O) groups excluding carboxylic acids is 1. The van der Waals surface area contributed by atoms with Gasteiger partial charge in [0.2, 0.25) is 0 Å². The van der Waals surface area contributed by atoms with Crippen LogP contribution in [0.15, 0.2) is 42.5 Å². The molecule has 1 atom stereocenters. The molecule has 0 aliphatic carbocycles. The van der Waals surface area contributed by atoms with Crippen molar-refractivity contribution >= 4 is 11.6 Å². The van der Waals surface area contributed by atoms with Gasteiger partial charge >= 0.3 is 0 Å². The van der Waals surface area contributed by atoms with E-state index in [9.17, 15) is 4.79 Å². The number of ether oxygens (including phenoxy) is 2. The number of hydrogen-bond donors (Lipinski definition) is 1. The molecule has 32 heavy (non-hydrogen) atoms. The van der Waals surface area contributed by atoms with Gasteiger partial charge in [-0.1, -0.05) is 12.1 Å². The van der Waals surface area contributed by atoms with Gasteiger partial charge in [-0.2, -0.15) is 0 Å². The van der Waals surface area contributed by atoms with E-state index in [1.54, 1.807) is 7.11 Å². The summed E-state index contributed by atoms with van der Waals surface area (Å²) in [6, 6.07) is 14.0. The topological polar surface area (TPSA) is 57.3 Å². The van der Waals surface area contributed by atoms with Crippen molar-refractivity contribution in [2.24, 2.45) is 0 Å². The lowest BCUT2D eigenvalue weighted by atomic mass is 10.1. The summed E-state index contributed by atoms with van der Waals surface area (Å²) < 4.78 is 11.2. The molecule has 4 rings (SSSR count). The minimum absolute atomic E-state index is 0.0375. The van der Waals surface area contributed by atoms with E-state index in [-0.39, 0.29) is 11.9 Å². The largest absolute Gasteiger partial charge is 0.497 e. The van der Waals surface area contributed by atoms with Gasteiger partial charge in [-0.3, -0.25) is 9.69 Å². The fourth-order valence-electron chi connectivity index (χ4n) is 4.21. The van der Waals surface area contributed by atoms with Gasteiger partial charge in [-0.25, -0.2) is 0 Å². The van der Waals surface area contributed by atoms with Crippen molar-refractivity contribution in [2.45, 2.75) is 19.5 Å². The summed E-state index contributed by atoms with van der Waals surface area (Å²) in [4.78, 5) is 19.9. The van der Waals surface area contributed by atoms with Crippen LogP contribution in [0, 0.1) is 0 Å². The average Bonchev–Trinajstić information content (AvgIpc) is 2.82. The third-order valence-electron chi connectivity index (χ3n) is 6.36. The average molecular weight is 439 g/mol. The summed E-state index contributed by atoms with van der Waals surface area (Å²) in [5, 5.41) is 3.09. The van der Waals surface area contributed by atoms with Gasteiger partial charge in [-0.05, 0) is 49.9 Å². The maximum Gasteiger partial charge on any atom is 0.251 e. The van der Waals surface area contributed by atoms with Crippen molar-refractivity contribution < 1.29 is 14.3 Å². The minimum atomic E-state index is -0.0375. The van der Waals surface area contributed by atoms with Gasteiger partial charge in [0, 0.05) is 51.4 Å². The van der Waals surface area contributed by atoms with E-state index in [1.807, 2.05) is 30.3 Å². The highest BCUT2D eigenvalue weighted by atomic mass is 16.5. The van der Waals surface area contributed by atoms with Crippen molar-refractivity contribution in [2.75, 3.05) is 64.9 Å². The Morgan fingerprint density at radius 1 is 1.12 bits per heavy atom. The number of likely N-dealkylation sites (N-methyl/N-ethyl adjacent to an activating group) is 1. The molecule has 2 heterocycles. The van der Waals surface area contributed by atoms with E-state index < -0.39 is 0 Å². The van der Waals surface area contributed by atoms with E-state index in [1.165, 1.54) is 5.56 Å². The van der Waals surface area contributed by atoms with Crippen molar-refractivity contribution in [3.05, 3.63) is 53.6 Å². The molecule has 7 heteroatoms. The minimum Gasteiger partial charge on any atom is -0.497 e. The smallest absolute Gasteiger partial charge is 0.251 e. The summed E-state index contributed by atoms with van der Waals surface area (Å²) in [5.41, 5.74) is 2.82. The molecule has 0 unspecified atom stereocenters. The number of carbonyl (C=O) groups is 1. The lowest BCUT2D eigenvalue weighted by molar-refractivity contribution is 0.0941. The first-order valence-corrected chi connectivity index (χ1v) is 11.4. The van der Waals surface area contributed by atoms with Crippen LogP contribution in [0.4, 0.5) is 5.69 Å². The Hall–Kier alpha value is -2.77. The third kappa shape index (κ3) is 5.34. The first kappa shape index (κ1) is 22.4. The summed E-state index contributed by atoms with van der Waals surface area (Å²) in [6.07, 6.45) is 0. The van der Waals surface area contributed by atoms with Gasteiger partial charge < -0.3 is 24.6 Å². The molecule has 2 aromatic rings. The van der Waals surface area contributed by atoms with Crippen molar-refractivity contribution in [3.63, 3.8) is 0 Å². The SMILES string of the molecule is COc1ccc(CN2c3cc(C(=O)NCCN4CCN(C)CC4)ccc3OC[C@H]2C)cc1. The maximum absolute atomic E-state index is 12.8. The predicted octanol–water partition coefficient (Wildman–Crippen LogP) is 2.46. The number of piperazine rings is 1. The highest BCUT2D eigenvalue weighted by molar-refractivity contribution is 5.95. The predicted molar refractivity (Wildman–Crippen MR) is 127 cm³/mol. The Labute approximate surface area is 190 Å². The van der Waals surface area contributed by atoms with Crippen LogP contribution in [0.3, 0.4) is 0 Å². The van der Waals surface area contributed by atoms with Crippen LogP contribution in [-0.4, -0.2) is 81.8 Å². The summed E-state index contributed by atoms with van der Waals surface area (Å²) in [7, 11) is 3.82. The number of nitrogens with one attached hydrogen (secondary N) is 1. The van der Waals surface area contributed by atoms with E-state index >= 15 is 0 Å². The van der Waals surface area contributed by atoms with Crippen molar-refractivity contribution in [1.82, 2.24) is 15.1 Å². The molecule has 1 saturated heterocycles. The van der Waals surface area contributed by atoms with Crippen LogP contribution in [0.2, 0.25) is 0 Å². The first-order chi connectivity index (χ1) is 15.5. The Bertz CT molecular complexity index is 910. The van der Waals surface area contributed by atoms with Gasteiger partial charge in [0.05, 0.1) is 18.8 Å². The van der Waals surface area contributed by atoms with Gasteiger partial charge in [0.25, 0.3) is 5.91 Å². The molecule has 2 aliphatic rings. The molecule has 0 radical (unpaired) electrons. The second kappa shape index (κ2) is 10.2. The molecular formula is C25H34N4O3. The molecule has 7 nitrogen and oxygen atoms in total. The molecule has 172 valence electrons. The lowest BCUT2D eigenvalue weighted by Gasteiger charge is -2.37. The highest BCUT2D eigenvalue weighted by Gasteiger charge is 2.26. The molecule has 1 amide bonds. The summed E-state index contributed by atoms with van der Waals surface area (Å²) in [6.45, 7) is 9.34. The van der Waals surface area contributed by atoms with E-state index in [2.05, 4.69) is 46.1 Å². The monoisotopic (exact) mass is 438 g/mol. The third-order valence-corrected chi connectivity index (χ3v) is 6.36. The van der Waals surface area contributed by atoms with E-state index in [0.717, 1.165) is 56.5 Å². The normalized spacial score (nSPS) is 19.2. The summed E-state index contributed by atoms with van der Waals surface area (Å²) >= 11 is 0. The molecule has 0 bridgehead atoms. The molecule has 1 N–H and O–H groups in total. The second-order valence-corrected chi connectivity index (χ2v) is 8.72. The van der Waals surface area contributed by atoms with Crippen LogP contribution >= 0.6 is 0 Å².